The Labute approximate surface area is 199 Å². The van der Waals surface area contributed by atoms with Crippen molar-refractivity contribution >= 4 is 39.2 Å². The highest BCUT2D eigenvalue weighted by molar-refractivity contribution is 7.90. The Bertz CT molecular complexity index is 1360. The summed E-state index contributed by atoms with van der Waals surface area (Å²) in [5.41, 5.74) is 0.0356. The van der Waals surface area contributed by atoms with Crippen molar-refractivity contribution < 1.29 is 27.0 Å². The molecule has 34 heavy (non-hydrogen) atoms. The second kappa shape index (κ2) is 8.32. The van der Waals surface area contributed by atoms with Gasteiger partial charge in [-0.3, -0.25) is 4.68 Å². The van der Waals surface area contributed by atoms with Crippen LogP contribution in [0.3, 0.4) is 0 Å². The van der Waals surface area contributed by atoms with E-state index in [0.717, 1.165) is 9.78 Å². The fourth-order valence-electron chi connectivity index (χ4n) is 3.96. The number of aryl methyl sites for hydroxylation is 1. The Kier molecular flexibility index (Phi) is 5.57. The van der Waals surface area contributed by atoms with Gasteiger partial charge in [-0.1, -0.05) is 6.08 Å². The Balaban J connectivity index is 1.53. The molecule has 1 unspecified atom stereocenters. The molecule has 0 radical (unpaired) electrons. The largest absolute Gasteiger partial charge is 0.502 e. The molecule has 3 heterocycles. The number of imide groups is 1. The standard InChI is InChI=1S/C21H22FN6O4S2/c1-26-10-14(9-23-26)11-28-19(29)17-8-16(34(31,32)25-21(13-22)5-6-21)2-3-18(17)27(20(28)30)12-15-4-7-24-33-15/h2-4,7-10,16,25H,5-6,11-13H2,1H3/q+1. The summed E-state index contributed by atoms with van der Waals surface area (Å²) in [6.07, 6.45) is 9.97. The van der Waals surface area contributed by atoms with Gasteiger partial charge in [0.2, 0.25) is 10.0 Å². The fourth-order valence-corrected chi connectivity index (χ4v) is 6.13. The van der Waals surface area contributed by atoms with E-state index in [2.05, 4.69) is 14.2 Å². The van der Waals surface area contributed by atoms with E-state index in [1.165, 1.54) is 34.3 Å². The molecule has 2 aromatic rings. The van der Waals surface area contributed by atoms with Crippen molar-refractivity contribution in [2.75, 3.05) is 6.67 Å². The molecule has 3 aliphatic rings. The number of urea groups is 1. The molecule has 3 amide bonds. The predicted molar refractivity (Wildman–Crippen MR) is 121 cm³/mol. The summed E-state index contributed by atoms with van der Waals surface area (Å²) < 4.78 is 48.7. The molecule has 0 aromatic carbocycles. The number of alkyl halides is 1. The van der Waals surface area contributed by atoms with Gasteiger partial charge in [0.1, 0.15) is 36.3 Å². The lowest BCUT2D eigenvalue weighted by atomic mass is 9.99. The van der Waals surface area contributed by atoms with Gasteiger partial charge < -0.3 is 0 Å². The lowest BCUT2D eigenvalue weighted by Crippen LogP contribution is -2.51. The molecule has 0 spiro atoms. The second-order valence-corrected chi connectivity index (χ2v) is 11.4. The van der Waals surface area contributed by atoms with Crippen molar-refractivity contribution in [3.8, 4) is 0 Å². The van der Waals surface area contributed by atoms with Crippen molar-refractivity contribution in [3.63, 3.8) is 0 Å². The molecule has 1 aliphatic heterocycles. The van der Waals surface area contributed by atoms with Crippen LogP contribution < -0.4 is 4.72 Å². The highest BCUT2D eigenvalue weighted by Crippen LogP contribution is 2.37. The Hall–Kier alpha value is -3.03. The highest BCUT2D eigenvalue weighted by atomic mass is 32.2. The van der Waals surface area contributed by atoms with Crippen LogP contribution in [0.15, 0.2) is 48.5 Å². The zero-order valence-corrected chi connectivity index (χ0v) is 19.9. The molecule has 5 rings (SSSR count). The van der Waals surface area contributed by atoms with Crippen LogP contribution in [-0.2, 0) is 35.0 Å². The smallest absolute Gasteiger partial charge is 0.275 e. The number of aromatic nitrogens is 3. The molecular weight excluding hydrogens is 483 g/mol. The van der Waals surface area contributed by atoms with Crippen LogP contribution >= 0.6 is 11.5 Å². The number of nitrogens with one attached hydrogen (secondary N) is 1. The summed E-state index contributed by atoms with van der Waals surface area (Å²) in [5.74, 6) is -0.597. The third kappa shape index (κ3) is 4.14. The van der Waals surface area contributed by atoms with Gasteiger partial charge in [-0.25, -0.2) is 26.7 Å². The third-order valence-electron chi connectivity index (χ3n) is 6.01. The van der Waals surface area contributed by atoms with E-state index in [4.69, 9.17) is 0 Å². The minimum atomic E-state index is -3.98. The maximum Gasteiger partial charge on any atom is 0.502 e. The molecule has 2 aromatic heterocycles. The van der Waals surface area contributed by atoms with E-state index in [1.807, 2.05) is 0 Å². The normalized spacial score (nSPS) is 21.6. The molecule has 1 N–H and O–H groups in total. The maximum atomic E-state index is 13.4. The molecule has 0 bridgehead atoms. The monoisotopic (exact) mass is 505 g/mol. The molecule has 2 aliphatic carbocycles. The van der Waals surface area contributed by atoms with Crippen LogP contribution in [0.5, 0.6) is 0 Å². The van der Waals surface area contributed by atoms with E-state index < -0.39 is 39.4 Å². The molecule has 0 saturated heterocycles. The van der Waals surface area contributed by atoms with Crippen LogP contribution in [0, 0.1) is 0 Å². The molecule has 10 nitrogen and oxygen atoms in total. The summed E-state index contributed by atoms with van der Waals surface area (Å²) in [6.45, 7) is -0.622. The maximum absolute atomic E-state index is 13.4. The first-order valence-electron chi connectivity index (χ1n) is 10.6. The molecular formula is C21H22FN6O4S2+. The number of allylic oxidation sites excluding steroid dienone is 1. The van der Waals surface area contributed by atoms with Crippen LogP contribution in [-0.4, -0.2) is 67.2 Å². The van der Waals surface area contributed by atoms with E-state index >= 15 is 0 Å². The van der Waals surface area contributed by atoms with Gasteiger partial charge in [-0.2, -0.15) is 19.4 Å². The topological polar surface area (TPSA) is 117 Å². The van der Waals surface area contributed by atoms with Gasteiger partial charge in [0.15, 0.2) is 0 Å². The van der Waals surface area contributed by atoms with Crippen molar-refractivity contribution in [3.05, 3.63) is 58.9 Å². The zero-order chi connectivity index (χ0) is 24.1. The van der Waals surface area contributed by atoms with Gasteiger partial charge in [0, 0.05) is 25.0 Å². The van der Waals surface area contributed by atoms with Crippen LogP contribution in [0.2, 0.25) is 0 Å². The summed E-state index contributed by atoms with van der Waals surface area (Å²) in [6, 6.07) is 1.26. The minimum absolute atomic E-state index is 0.0142. The Morgan fingerprint density at radius 1 is 1.35 bits per heavy atom. The molecule has 1 fully saturated rings. The van der Waals surface area contributed by atoms with Crippen molar-refractivity contribution in [1.29, 1.82) is 0 Å². The third-order valence-corrected chi connectivity index (χ3v) is 8.46. The van der Waals surface area contributed by atoms with Crippen LogP contribution in [0.4, 0.5) is 9.18 Å². The summed E-state index contributed by atoms with van der Waals surface area (Å²) in [4.78, 5) is 28.7. The number of carbonyl (C=O) groups excluding carboxylic acids is 2. The lowest BCUT2D eigenvalue weighted by molar-refractivity contribution is -0.452. The quantitative estimate of drug-likeness (QED) is 0.540. The van der Waals surface area contributed by atoms with Crippen molar-refractivity contribution in [2.24, 2.45) is 7.05 Å². The first-order valence-corrected chi connectivity index (χ1v) is 12.9. The second-order valence-electron chi connectivity index (χ2n) is 8.61. The number of rotatable bonds is 8. The SMILES string of the molecule is Cn1cc(CN2C(=O)C3=CC(S(=O)(=O)NC4(CF)CC4)C=CC3=[N+](Cc3ccns3)C2=O)cn1. The molecule has 1 saturated carbocycles. The highest BCUT2D eigenvalue weighted by Gasteiger charge is 2.49. The number of hydrogen-bond donors (Lipinski definition) is 1. The summed E-state index contributed by atoms with van der Waals surface area (Å²) in [5, 5.41) is 2.92. The van der Waals surface area contributed by atoms with Crippen molar-refractivity contribution in [1.82, 2.24) is 23.8 Å². The van der Waals surface area contributed by atoms with E-state index in [-0.39, 0.29) is 18.7 Å². The van der Waals surface area contributed by atoms with E-state index in [9.17, 15) is 22.4 Å². The Morgan fingerprint density at radius 3 is 2.76 bits per heavy atom. The fraction of sp³-hybridized carbons (Fsp3) is 0.381. The predicted octanol–water partition coefficient (Wildman–Crippen LogP) is 1.28. The molecule has 1 atom stereocenters. The number of nitrogens with zero attached hydrogens (tertiary/aromatic N) is 5. The number of sulfonamides is 1. The molecule has 13 heteroatoms. The number of amides is 3. The number of carbonyl (C=O) groups is 2. The first kappa shape index (κ1) is 22.7. The Morgan fingerprint density at radius 2 is 2.15 bits per heavy atom. The summed E-state index contributed by atoms with van der Waals surface area (Å²) in [7, 11) is -2.25. The van der Waals surface area contributed by atoms with Crippen molar-refractivity contribution in [2.45, 2.75) is 36.7 Å². The summed E-state index contributed by atoms with van der Waals surface area (Å²) >= 11 is 1.23. The van der Waals surface area contributed by atoms with Gasteiger partial charge in [0.05, 0.1) is 16.6 Å². The minimum Gasteiger partial charge on any atom is -0.275 e. The zero-order valence-electron chi connectivity index (χ0n) is 18.2. The number of halogens is 1. The average Bonchev–Trinajstić information content (AvgIpc) is 3.17. The van der Waals surface area contributed by atoms with Gasteiger partial charge >= 0.3 is 11.9 Å². The van der Waals surface area contributed by atoms with Crippen LogP contribution in [0.1, 0.15) is 23.3 Å². The van der Waals surface area contributed by atoms with Gasteiger partial charge in [0.25, 0.3) is 0 Å². The lowest BCUT2D eigenvalue weighted by Gasteiger charge is -2.26. The van der Waals surface area contributed by atoms with Gasteiger partial charge in [-0.05, 0) is 42.6 Å². The molecule has 178 valence electrons. The average molecular weight is 506 g/mol. The number of hydrogen-bond acceptors (Lipinski definition) is 7. The first-order chi connectivity index (χ1) is 16.2. The van der Waals surface area contributed by atoms with E-state index in [0.29, 0.717) is 24.1 Å². The number of fused-ring (bicyclic) bond motifs is 1. The van der Waals surface area contributed by atoms with Crippen LogP contribution in [0.25, 0.3) is 0 Å². The van der Waals surface area contributed by atoms with E-state index in [1.54, 1.807) is 36.4 Å². The van der Waals surface area contributed by atoms with Gasteiger partial charge in [-0.15, -0.1) is 0 Å².